The molecule has 3 aromatic carbocycles. The molecule has 5 rings (SSSR count). The summed E-state index contributed by atoms with van der Waals surface area (Å²) in [6.07, 6.45) is 1.23. The molecule has 2 unspecified atom stereocenters. The first-order chi connectivity index (χ1) is 17.9. The Hall–Kier alpha value is -4.64. The minimum atomic E-state index is -0.933. The van der Waals surface area contributed by atoms with Crippen molar-refractivity contribution in [3.05, 3.63) is 89.2 Å². The number of carboxylic acid groups (broad SMARTS) is 1. The number of hydrogen-bond acceptors (Lipinski definition) is 5. The predicted molar refractivity (Wildman–Crippen MR) is 139 cm³/mol. The molecule has 0 saturated carbocycles. The molecule has 0 radical (unpaired) electrons. The van der Waals surface area contributed by atoms with Crippen molar-refractivity contribution in [2.45, 2.75) is 38.1 Å². The van der Waals surface area contributed by atoms with Crippen molar-refractivity contribution in [1.82, 2.24) is 9.55 Å². The lowest BCUT2D eigenvalue weighted by Crippen LogP contribution is -2.42. The smallest absolute Gasteiger partial charge is 0.414 e. The number of fused-ring (bicyclic) bond motifs is 3. The van der Waals surface area contributed by atoms with Crippen LogP contribution in [0.3, 0.4) is 0 Å². The fourth-order valence-electron chi connectivity index (χ4n) is 5.13. The van der Waals surface area contributed by atoms with Gasteiger partial charge in [-0.05, 0) is 61.7 Å². The number of aromatic nitrogens is 2. The van der Waals surface area contributed by atoms with E-state index in [1.165, 1.54) is 7.11 Å². The Morgan fingerprint density at radius 2 is 1.86 bits per heavy atom. The van der Waals surface area contributed by atoms with Gasteiger partial charge in [0.1, 0.15) is 5.82 Å². The second kappa shape index (κ2) is 9.78. The number of benzene rings is 3. The van der Waals surface area contributed by atoms with Crippen molar-refractivity contribution in [3.8, 4) is 11.8 Å². The largest absolute Gasteiger partial charge is 0.481 e. The van der Waals surface area contributed by atoms with Gasteiger partial charge >= 0.3 is 12.1 Å². The number of aliphatic carboxylic acids is 1. The molecule has 0 fully saturated rings. The SMILES string of the molecule is COC(=O)N1c2ccc3c(nc(CC(C(=O)O)c4ccccc4)n3-c3ccc(C#N)cc3)c2CCC1C. The van der Waals surface area contributed by atoms with Crippen molar-refractivity contribution >= 4 is 28.8 Å². The first kappa shape index (κ1) is 24.1. The van der Waals surface area contributed by atoms with Gasteiger partial charge in [-0.3, -0.25) is 14.3 Å². The van der Waals surface area contributed by atoms with Gasteiger partial charge in [-0.25, -0.2) is 9.78 Å². The van der Waals surface area contributed by atoms with Crippen LogP contribution >= 0.6 is 0 Å². The van der Waals surface area contributed by atoms with Gasteiger partial charge in [-0.2, -0.15) is 5.26 Å². The second-order valence-electron chi connectivity index (χ2n) is 9.19. The summed E-state index contributed by atoms with van der Waals surface area (Å²) in [6.45, 7) is 1.99. The number of anilines is 1. The molecule has 8 heteroatoms. The highest BCUT2D eigenvalue weighted by molar-refractivity contribution is 5.96. The van der Waals surface area contributed by atoms with Crippen molar-refractivity contribution in [1.29, 1.82) is 5.26 Å². The summed E-state index contributed by atoms with van der Waals surface area (Å²) < 4.78 is 7.00. The van der Waals surface area contributed by atoms with Gasteiger partial charge in [0.2, 0.25) is 0 Å². The van der Waals surface area contributed by atoms with E-state index >= 15 is 0 Å². The molecule has 1 N–H and O–H groups in total. The fraction of sp³-hybridized carbons (Fsp3) is 0.241. The predicted octanol–water partition coefficient (Wildman–Crippen LogP) is 5.22. The van der Waals surface area contributed by atoms with Crippen LogP contribution in [0.2, 0.25) is 0 Å². The average molecular weight is 495 g/mol. The van der Waals surface area contributed by atoms with E-state index in [1.807, 2.05) is 66.1 Å². The maximum atomic E-state index is 12.6. The number of imidazole rings is 1. The van der Waals surface area contributed by atoms with Crippen molar-refractivity contribution in [2.75, 3.05) is 12.0 Å². The molecule has 1 aromatic heterocycles. The van der Waals surface area contributed by atoms with E-state index in [0.29, 0.717) is 17.0 Å². The van der Waals surface area contributed by atoms with E-state index in [0.717, 1.165) is 40.8 Å². The highest BCUT2D eigenvalue weighted by atomic mass is 16.5. The number of amides is 1. The van der Waals surface area contributed by atoms with Crippen LogP contribution in [0.15, 0.2) is 66.7 Å². The highest BCUT2D eigenvalue weighted by Gasteiger charge is 2.32. The first-order valence-electron chi connectivity index (χ1n) is 12.1. The molecule has 2 atom stereocenters. The zero-order valence-corrected chi connectivity index (χ0v) is 20.6. The lowest BCUT2D eigenvalue weighted by molar-refractivity contribution is -0.138. The van der Waals surface area contributed by atoms with Crippen LogP contribution in [-0.4, -0.2) is 39.9 Å². The molecule has 1 aliphatic heterocycles. The maximum absolute atomic E-state index is 12.6. The Labute approximate surface area is 214 Å². The van der Waals surface area contributed by atoms with Crippen molar-refractivity contribution in [2.24, 2.45) is 0 Å². The average Bonchev–Trinajstić information content (AvgIpc) is 3.30. The second-order valence-corrected chi connectivity index (χ2v) is 9.19. The number of carbonyl (C=O) groups excluding carboxylic acids is 1. The third-order valence-electron chi connectivity index (χ3n) is 7.00. The monoisotopic (exact) mass is 494 g/mol. The minimum absolute atomic E-state index is 0.0213. The normalized spacial score (nSPS) is 15.6. The third-order valence-corrected chi connectivity index (χ3v) is 7.00. The molecule has 1 amide bonds. The molecular formula is C29H26N4O4. The van der Waals surface area contributed by atoms with Gasteiger partial charge in [0, 0.05) is 23.7 Å². The van der Waals surface area contributed by atoms with Gasteiger partial charge in [0.15, 0.2) is 0 Å². The fourth-order valence-corrected chi connectivity index (χ4v) is 5.13. The zero-order valence-electron chi connectivity index (χ0n) is 20.6. The van der Waals surface area contributed by atoms with Crippen molar-refractivity contribution < 1.29 is 19.4 Å². The summed E-state index contributed by atoms with van der Waals surface area (Å²) >= 11 is 0. The molecule has 8 nitrogen and oxygen atoms in total. The minimum Gasteiger partial charge on any atom is -0.481 e. The Morgan fingerprint density at radius 1 is 1.14 bits per heavy atom. The van der Waals surface area contributed by atoms with Crippen LogP contribution in [0.1, 0.15) is 41.8 Å². The molecule has 0 spiro atoms. The third kappa shape index (κ3) is 4.29. The molecule has 1 aliphatic rings. The molecule has 4 aromatic rings. The molecule has 0 bridgehead atoms. The standard InChI is InChI=1S/C29H26N4O4/c1-18-8-13-22-24(32(18)29(36)37-2)14-15-25-27(22)31-26(33(25)21-11-9-19(17-30)10-12-21)16-23(28(34)35)20-6-4-3-5-7-20/h3-7,9-12,14-15,18,23H,8,13,16H2,1-2H3,(H,34,35). The lowest BCUT2D eigenvalue weighted by atomic mass is 9.95. The van der Waals surface area contributed by atoms with Crippen LogP contribution in [0.25, 0.3) is 16.7 Å². The summed E-state index contributed by atoms with van der Waals surface area (Å²) in [5.41, 5.74) is 5.24. The number of aryl methyl sites for hydroxylation is 1. The summed E-state index contributed by atoms with van der Waals surface area (Å²) in [7, 11) is 1.37. The number of carboxylic acids is 1. The summed E-state index contributed by atoms with van der Waals surface area (Å²) in [4.78, 5) is 31.6. The van der Waals surface area contributed by atoms with Crippen LogP contribution < -0.4 is 4.90 Å². The number of nitrogens with zero attached hydrogens (tertiary/aromatic N) is 4. The quantitative estimate of drug-likeness (QED) is 0.408. The van der Waals surface area contributed by atoms with Crippen molar-refractivity contribution in [3.63, 3.8) is 0 Å². The summed E-state index contributed by atoms with van der Waals surface area (Å²) in [5, 5.41) is 19.4. The van der Waals surface area contributed by atoms with Crippen LogP contribution in [0.4, 0.5) is 10.5 Å². The lowest BCUT2D eigenvalue weighted by Gasteiger charge is -2.34. The number of methoxy groups -OCH3 is 1. The van der Waals surface area contributed by atoms with Crippen LogP contribution in [0, 0.1) is 11.3 Å². The number of ether oxygens (including phenoxy) is 1. The molecule has 2 heterocycles. The number of carbonyl (C=O) groups is 2. The number of hydrogen-bond donors (Lipinski definition) is 1. The van der Waals surface area contributed by atoms with E-state index < -0.39 is 18.0 Å². The Kier molecular flexibility index (Phi) is 6.36. The van der Waals surface area contributed by atoms with Gasteiger partial charge < -0.3 is 9.84 Å². The van der Waals surface area contributed by atoms with Crippen LogP contribution in [0.5, 0.6) is 0 Å². The molecule has 0 aliphatic carbocycles. The maximum Gasteiger partial charge on any atom is 0.414 e. The van der Waals surface area contributed by atoms with Crippen LogP contribution in [-0.2, 0) is 22.4 Å². The van der Waals surface area contributed by atoms with Gasteiger partial charge in [-0.1, -0.05) is 30.3 Å². The molecule has 186 valence electrons. The topological polar surface area (TPSA) is 108 Å². The summed E-state index contributed by atoms with van der Waals surface area (Å²) in [6, 6.07) is 22.2. The van der Waals surface area contributed by atoms with E-state index in [2.05, 4.69) is 6.07 Å². The van der Waals surface area contributed by atoms with E-state index in [1.54, 1.807) is 17.0 Å². The molecular weight excluding hydrogens is 468 g/mol. The van der Waals surface area contributed by atoms with Gasteiger partial charge in [0.25, 0.3) is 0 Å². The van der Waals surface area contributed by atoms with E-state index in [-0.39, 0.29) is 12.5 Å². The Morgan fingerprint density at radius 3 is 2.51 bits per heavy atom. The van der Waals surface area contributed by atoms with E-state index in [4.69, 9.17) is 9.72 Å². The Bertz CT molecular complexity index is 1520. The number of nitriles is 1. The van der Waals surface area contributed by atoms with E-state index in [9.17, 15) is 20.0 Å². The van der Waals surface area contributed by atoms with Gasteiger partial charge in [-0.15, -0.1) is 0 Å². The number of rotatable bonds is 5. The summed E-state index contributed by atoms with van der Waals surface area (Å²) in [5.74, 6) is -1.14. The zero-order chi connectivity index (χ0) is 26.1. The first-order valence-corrected chi connectivity index (χ1v) is 12.1. The molecule has 0 saturated heterocycles. The highest BCUT2D eigenvalue weighted by Crippen LogP contribution is 2.38. The van der Waals surface area contributed by atoms with Gasteiger partial charge in [0.05, 0.1) is 41.4 Å². The Balaban J connectivity index is 1.71. The molecule has 37 heavy (non-hydrogen) atoms.